The molecule has 0 aliphatic heterocycles. The van der Waals surface area contributed by atoms with Gasteiger partial charge >= 0.3 is 46.0 Å². The van der Waals surface area contributed by atoms with E-state index in [0.717, 1.165) is 5.56 Å². The zero-order valence-corrected chi connectivity index (χ0v) is 20.8. The molecular formula is C17H11F8NaO6S2. The van der Waals surface area contributed by atoms with Crippen molar-refractivity contribution in [3.05, 3.63) is 53.1 Å². The van der Waals surface area contributed by atoms with Crippen molar-refractivity contribution in [1.29, 1.82) is 0 Å². The number of ether oxygens (including phenoxy) is 1. The van der Waals surface area contributed by atoms with Gasteiger partial charge in [0.1, 0.15) is 28.0 Å². The molecule has 0 heterocycles. The van der Waals surface area contributed by atoms with E-state index < -0.39 is 58.7 Å². The standard InChI is InChI=1S/C17H12F8O6S2.Na/c1-8-3-4-13(9(2)5-8)31-10-6-11(18)14(12(19)7-10)32(26,27)16(22,23)15(20,21)17(24,25)33(28,29)30;/h3-7H,1-2H3,(H,28,29,30);/q;+1/p-1. The first kappa shape index (κ1) is 30.6. The van der Waals surface area contributed by atoms with Crippen LogP contribution in [0.2, 0.25) is 0 Å². The first-order chi connectivity index (χ1) is 14.7. The van der Waals surface area contributed by atoms with Crippen LogP contribution in [0.4, 0.5) is 35.1 Å². The molecule has 0 bridgehead atoms. The van der Waals surface area contributed by atoms with Gasteiger partial charge < -0.3 is 9.29 Å². The zero-order valence-electron chi connectivity index (χ0n) is 17.2. The molecule has 0 aliphatic rings. The number of alkyl halides is 6. The minimum atomic E-state index is -7.54. The quantitative estimate of drug-likeness (QED) is 0.295. The fourth-order valence-corrected chi connectivity index (χ4v) is 4.38. The summed E-state index contributed by atoms with van der Waals surface area (Å²) in [6.07, 6.45) is 0. The van der Waals surface area contributed by atoms with Gasteiger partial charge in [-0.25, -0.2) is 25.6 Å². The maximum absolute atomic E-state index is 14.3. The van der Waals surface area contributed by atoms with Gasteiger partial charge in [0.2, 0.25) is 0 Å². The SMILES string of the molecule is Cc1ccc(Oc2cc(F)c(S(=O)(=O)C(F)(F)C(F)(F)C(F)(F)S(=O)(=O)[O-])c(F)c2)c(C)c1.[Na+]. The average Bonchev–Trinajstić information content (AvgIpc) is 2.61. The Morgan fingerprint density at radius 3 is 1.71 bits per heavy atom. The summed E-state index contributed by atoms with van der Waals surface area (Å²) in [6.45, 7) is 3.19. The molecule has 184 valence electrons. The topological polar surface area (TPSA) is 101 Å². The number of benzene rings is 2. The Balaban J connectivity index is 0.00000578. The van der Waals surface area contributed by atoms with Gasteiger partial charge in [0, 0.05) is 12.1 Å². The molecule has 2 aromatic carbocycles. The van der Waals surface area contributed by atoms with Crippen molar-refractivity contribution in [2.45, 2.75) is 35.2 Å². The van der Waals surface area contributed by atoms with E-state index in [0.29, 0.717) is 5.56 Å². The van der Waals surface area contributed by atoms with Gasteiger partial charge in [0.05, 0.1) is 0 Å². The largest absolute Gasteiger partial charge is 1.00 e. The van der Waals surface area contributed by atoms with E-state index >= 15 is 0 Å². The zero-order chi connectivity index (χ0) is 25.8. The predicted molar refractivity (Wildman–Crippen MR) is 94.1 cm³/mol. The van der Waals surface area contributed by atoms with Crippen LogP contribution >= 0.6 is 0 Å². The second-order valence-electron chi connectivity index (χ2n) is 6.65. The molecule has 2 aromatic rings. The van der Waals surface area contributed by atoms with Gasteiger partial charge in [-0.2, -0.15) is 26.3 Å². The number of rotatable bonds is 7. The third-order valence-corrected chi connectivity index (χ3v) is 6.92. The molecule has 34 heavy (non-hydrogen) atoms. The van der Waals surface area contributed by atoms with E-state index in [-0.39, 0.29) is 47.4 Å². The van der Waals surface area contributed by atoms with Crippen LogP contribution in [0, 0.1) is 25.5 Å². The monoisotopic (exact) mass is 550 g/mol. The molecule has 17 heteroatoms. The molecule has 0 atom stereocenters. The van der Waals surface area contributed by atoms with Gasteiger partial charge in [-0.1, -0.05) is 17.7 Å². The van der Waals surface area contributed by atoms with Crippen LogP contribution in [0.1, 0.15) is 11.1 Å². The van der Waals surface area contributed by atoms with Crippen LogP contribution in [-0.4, -0.2) is 37.8 Å². The number of sulfone groups is 1. The summed E-state index contributed by atoms with van der Waals surface area (Å²) in [5, 5.41) is -14.3. The Hall–Kier alpha value is -1.46. The Morgan fingerprint density at radius 1 is 0.824 bits per heavy atom. The number of halogens is 8. The van der Waals surface area contributed by atoms with Crippen LogP contribution in [0.3, 0.4) is 0 Å². The summed E-state index contributed by atoms with van der Waals surface area (Å²) < 4.78 is 170. The molecule has 6 nitrogen and oxygen atoms in total. The number of aryl methyl sites for hydroxylation is 2. The molecule has 0 saturated carbocycles. The maximum atomic E-state index is 14.3. The summed E-state index contributed by atoms with van der Waals surface area (Å²) >= 11 is 0. The van der Waals surface area contributed by atoms with Crippen molar-refractivity contribution in [2.24, 2.45) is 0 Å². The number of hydrogen-bond donors (Lipinski definition) is 0. The van der Waals surface area contributed by atoms with Crippen molar-refractivity contribution >= 4 is 20.0 Å². The summed E-state index contributed by atoms with van der Waals surface area (Å²) in [4.78, 5) is -2.78. The Morgan fingerprint density at radius 2 is 1.29 bits per heavy atom. The van der Waals surface area contributed by atoms with E-state index in [1.807, 2.05) is 0 Å². The van der Waals surface area contributed by atoms with Crippen molar-refractivity contribution < 1.29 is 90.8 Å². The van der Waals surface area contributed by atoms with Crippen molar-refractivity contribution in [3.63, 3.8) is 0 Å². The van der Waals surface area contributed by atoms with Crippen LogP contribution in [-0.2, 0) is 20.0 Å². The molecular weight excluding hydrogens is 539 g/mol. The van der Waals surface area contributed by atoms with Gasteiger partial charge in [0.15, 0.2) is 10.1 Å². The normalized spacial score (nSPS) is 13.4. The van der Waals surface area contributed by atoms with E-state index in [1.54, 1.807) is 13.0 Å². The van der Waals surface area contributed by atoms with Crippen molar-refractivity contribution in [1.82, 2.24) is 0 Å². The van der Waals surface area contributed by atoms with E-state index in [2.05, 4.69) is 0 Å². The van der Waals surface area contributed by atoms with Crippen LogP contribution in [0.5, 0.6) is 11.5 Å². The van der Waals surface area contributed by atoms with E-state index in [4.69, 9.17) is 4.74 Å². The minimum absolute atomic E-state index is 0. The Labute approximate surface area is 209 Å². The van der Waals surface area contributed by atoms with Gasteiger partial charge in [0.25, 0.3) is 9.84 Å². The molecule has 0 fully saturated rings. The van der Waals surface area contributed by atoms with Gasteiger partial charge in [-0.15, -0.1) is 0 Å². The third-order valence-electron chi connectivity index (χ3n) is 4.18. The van der Waals surface area contributed by atoms with Gasteiger partial charge in [-0.3, -0.25) is 0 Å². The maximum Gasteiger partial charge on any atom is 1.00 e. The first-order valence-electron chi connectivity index (χ1n) is 8.26. The molecule has 0 radical (unpaired) electrons. The van der Waals surface area contributed by atoms with Gasteiger partial charge in [-0.05, 0) is 25.5 Å². The molecule has 2 rings (SSSR count). The molecule has 0 aromatic heterocycles. The predicted octanol–water partition coefficient (Wildman–Crippen LogP) is 1.52. The Kier molecular flexibility index (Phi) is 8.57. The summed E-state index contributed by atoms with van der Waals surface area (Å²) in [5.41, 5.74) is 1.17. The number of hydrogen-bond acceptors (Lipinski definition) is 6. The summed E-state index contributed by atoms with van der Waals surface area (Å²) in [7, 11) is -14.9. The van der Waals surface area contributed by atoms with Crippen LogP contribution in [0.25, 0.3) is 0 Å². The molecule has 0 amide bonds. The smallest absolute Gasteiger partial charge is 0.743 e. The van der Waals surface area contributed by atoms with Crippen LogP contribution < -0.4 is 34.3 Å². The third kappa shape index (κ3) is 4.93. The summed E-state index contributed by atoms with van der Waals surface area (Å²) in [6, 6.07) is 4.37. The second-order valence-corrected chi connectivity index (χ2v) is 10.0. The van der Waals surface area contributed by atoms with E-state index in [1.165, 1.54) is 19.1 Å². The fourth-order valence-electron chi connectivity index (χ4n) is 2.52. The fraction of sp³-hybridized carbons (Fsp3) is 0.294. The minimum Gasteiger partial charge on any atom is -0.743 e. The van der Waals surface area contributed by atoms with Crippen molar-refractivity contribution in [3.8, 4) is 11.5 Å². The summed E-state index contributed by atoms with van der Waals surface area (Å²) in [5.74, 6) is -13.1. The second kappa shape index (κ2) is 9.54. The molecule has 0 aliphatic carbocycles. The van der Waals surface area contributed by atoms with Crippen molar-refractivity contribution in [2.75, 3.05) is 0 Å². The van der Waals surface area contributed by atoms with Crippen LogP contribution in [0.15, 0.2) is 35.2 Å². The molecule has 0 N–H and O–H groups in total. The molecule has 0 spiro atoms. The Bertz CT molecular complexity index is 1290. The molecule has 0 unspecified atom stereocenters. The first-order valence-corrected chi connectivity index (χ1v) is 11.1. The van der Waals surface area contributed by atoms with E-state index in [9.17, 15) is 56.5 Å². The molecule has 0 saturated heterocycles. The average molecular weight is 550 g/mol.